The predicted octanol–water partition coefficient (Wildman–Crippen LogP) is 2.60. The molecule has 3 heterocycles. The summed E-state index contributed by atoms with van der Waals surface area (Å²) in [5.41, 5.74) is 1.80. The Morgan fingerprint density at radius 1 is 1.03 bits per heavy atom. The molecule has 2 fully saturated rings. The molecule has 0 unspecified atom stereocenters. The highest BCUT2D eigenvalue weighted by Crippen LogP contribution is 2.33. The molecule has 1 spiro atoms. The van der Waals surface area contributed by atoms with Crippen LogP contribution in [-0.4, -0.2) is 58.8 Å². The van der Waals surface area contributed by atoms with Crippen LogP contribution in [0.5, 0.6) is 0 Å². The molecule has 0 atom stereocenters. The number of hydrogen-bond acceptors (Lipinski definition) is 4. The number of benzene rings is 2. The zero-order chi connectivity index (χ0) is 19.8. The maximum absolute atomic E-state index is 13.0. The number of fused-ring (bicyclic) bond motifs is 1. The molecule has 1 N–H and O–H groups in total. The number of H-pyrrole nitrogens is 1. The third-order valence-electron chi connectivity index (χ3n) is 5.95. The summed E-state index contributed by atoms with van der Waals surface area (Å²) in [4.78, 5) is 29.1. The molecule has 2 saturated heterocycles. The third kappa shape index (κ3) is 3.17. The first-order chi connectivity index (χ1) is 14.2. The molecular weight excluding hydrogens is 368 g/mol. The van der Waals surface area contributed by atoms with Crippen molar-refractivity contribution in [1.29, 1.82) is 0 Å². The van der Waals surface area contributed by atoms with E-state index in [9.17, 15) is 9.59 Å². The van der Waals surface area contributed by atoms with E-state index in [0.717, 1.165) is 16.6 Å². The Morgan fingerprint density at radius 2 is 1.76 bits per heavy atom. The zero-order valence-corrected chi connectivity index (χ0v) is 16.0. The molecule has 29 heavy (non-hydrogen) atoms. The molecular formula is C22H22N4O3. The van der Waals surface area contributed by atoms with Crippen LogP contribution in [0, 0.1) is 0 Å². The average Bonchev–Trinajstić information content (AvgIpc) is 3.20. The van der Waals surface area contributed by atoms with Crippen molar-refractivity contribution in [1.82, 2.24) is 15.1 Å². The van der Waals surface area contributed by atoms with Crippen LogP contribution in [0.25, 0.3) is 10.9 Å². The number of likely N-dealkylation sites (tertiary alicyclic amines) is 1. The van der Waals surface area contributed by atoms with Gasteiger partial charge in [0, 0.05) is 24.2 Å². The Kier molecular flexibility index (Phi) is 4.32. The van der Waals surface area contributed by atoms with E-state index < -0.39 is 5.60 Å². The lowest BCUT2D eigenvalue weighted by Crippen LogP contribution is -2.59. The van der Waals surface area contributed by atoms with Crippen molar-refractivity contribution in [3.05, 3.63) is 60.3 Å². The number of amides is 2. The lowest BCUT2D eigenvalue weighted by Gasteiger charge is -2.46. The van der Waals surface area contributed by atoms with Crippen molar-refractivity contribution in [3.63, 3.8) is 0 Å². The minimum Gasteiger partial charge on any atom is -0.363 e. The summed E-state index contributed by atoms with van der Waals surface area (Å²) in [7, 11) is 0. The van der Waals surface area contributed by atoms with Crippen LogP contribution in [0.1, 0.15) is 23.3 Å². The van der Waals surface area contributed by atoms with Crippen LogP contribution in [0.2, 0.25) is 0 Å². The Hall–Kier alpha value is -3.19. The number of anilines is 1. The van der Waals surface area contributed by atoms with Crippen molar-refractivity contribution >= 4 is 28.4 Å². The summed E-state index contributed by atoms with van der Waals surface area (Å²) in [5, 5.41) is 8.00. The Morgan fingerprint density at radius 3 is 2.55 bits per heavy atom. The molecule has 2 aliphatic rings. The predicted molar refractivity (Wildman–Crippen MR) is 109 cm³/mol. The van der Waals surface area contributed by atoms with Gasteiger partial charge >= 0.3 is 0 Å². The SMILES string of the molecule is O=C(c1n[nH]c2ccccc12)N1CCC2(CC1)CN(c1ccccc1)C(=O)CO2. The topological polar surface area (TPSA) is 78.5 Å². The molecule has 0 radical (unpaired) electrons. The van der Waals surface area contributed by atoms with Crippen LogP contribution in [0.15, 0.2) is 54.6 Å². The normalized spacial score (nSPS) is 19.1. The van der Waals surface area contributed by atoms with Gasteiger partial charge in [-0.1, -0.05) is 36.4 Å². The van der Waals surface area contributed by atoms with E-state index in [-0.39, 0.29) is 18.4 Å². The number of aromatic amines is 1. The van der Waals surface area contributed by atoms with E-state index in [2.05, 4.69) is 10.2 Å². The fourth-order valence-corrected chi connectivity index (χ4v) is 4.25. The number of ether oxygens (including phenoxy) is 1. The van der Waals surface area contributed by atoms with E-state index in [0.29, 0.717) is 38.2 Å². The second-order valence-corrected chi connectivity index (χ2v) is 7.70. The first-order valence-corrected chi connectivity index (χ1v) is 9.87. The molecule has 2 aliphatic heterocycles. The van der Waals surface area contributed by atoms with E-state index in [1.807, 2.05) is 64.4 Å². The lowest BCUT2D eigenvalue weighted by molar-refractivity contribution is -0.143. The minimum absolute atomic E-state index is 0.0247. The van der Waals surface area contributed by atoms with Gasteiger partial charge in [-0.3, -0.25) is 14.7 Å². The Labute approximate surface area is 168 Å². The number of nitrogens with zero attached hydrogens (tertiary/aromatic N) is 3. The minimum atomic E-state index is -0.409. The standard InChI is InChI=1S/C22H22N4O3/c27-19-14-29-22(15-26(19)16-6-2-1-3-7-16)10-12-25(13-11-22)21(28)20-17-8-4-5-9-18(17)23-24-20/h1-9H,10-15H2,(H,23,24). The van der Waals surface area contributed by atoms with Crippen molar-refractivity contribution < 1.29 is 14.3 Å². The maximum Gasteiger partial charge on any atom is 0.274 e. The molecule has 7 heteroatoms. The lowest BCUT2D eigenvalue weighted by atomic mass is 9.88. The summed E-state index contributed by atoms with van der Waals surface area (Å²) in [6.07, 6.45) is 1.38. The first-order valence-electron chi connectivity index (χ1n) is 9.87. The van der Waals surface area contributed by atoms with Crippen LogP contribution >= 0.6 is 0 Å². The highest BCUT2D eigenvalue weighted by molar-refractivity contribution is 6.04. The van der Waals surface area contributed by atoms with Gasteiger partial charge in [0.05, 0.1) is 17.7 Å². The van der Waals surface area contributed by atoms with Gasteiger partial charge < -0.3 is 14.5 Å². The quantitative estimate of drug-likeness (QED) is 0.730. The molecule has 0 bridgehead atoms. The van der Waals surface area contributed by atoms with E-state index in [1.165, 1.54) is 0 Å². The smallest absolute Gasteiger partial charge is 0.274 e. The van der Waals surface area contributed by atoms with E-state index in [4.69, 9.17) is 4.74 Å². The summed E-state index contributed by atoms with van der Waals surface area (Å²) in [6.45, 7) is 1.75. The number of para-hydroxylation sites is 2. The number of morpholine rings is 1. The van der Waals surface area contributed by atoms with Crippen molar-refractivity contribution in [3.8, 4) is 0 Å². The monoisotopic (exact) mass is 390 g/mol. The number of nitrogens with one attached hydrogen (secondary N) is 1. The van der Waals surface area contributed by atoms with Gasteiger partial charge in [0.25, 0.3) is 11.8 Å². The highest BCUT2D eigenvalue weighted by Gasteiger charge is 2.43. The summed E-state index contributed by atoms with van der Waals surface area (Å²) in [6, 6.07) is 17.3. The molecule has 2 amide bonds. The van der Waals surface area contributed by atoms with Crippen molar-refractivity contribution in [2.45, 2.75) is 18.4 Å². The molecule has 148 valence electrons. The molecule has 0 saturated carbocycles. The first kappa shape index (κ1) is 17.9. The highest BCUT2D eigenvalue weighted by atomic mass is 16.5. The third-order valence-corrected chi connectivity index (χ3v) is 5.95. The number of aromatic nitrogens is 2. The van der Waals surface area contributed by atoms with E-state index in [1.54, 1.807) is 0 Å². The van der Waals surface area contributed by atoms with Gasteiger partial charge in [-0.15, -0.1) is 0 Å². The Balaban J connectivity index is 1.31. The van der Waals surface area contributed by atoms with Crippen LogP contribution in [0.3, 0.4) is 0 Å². The fraction of sp³-hybridized carbons (Fsp3) is 0.318. The summed E-state index contributed by atoms with van der Waals surface area (Å²) in [5.74, 6) is -0.0903. The van der Waals surface area contributed by atoms with Gasteiger partial charge in [-0.25, -0.2) is 0 Å². The Bertz CT molecular complexity index is 1050. The molecule has 5 rings (SSSR count). The summed E-state index contributed by atoms with van der Waals surface area (Å²) >= 11 is 0. The van der Waals surface area contributed by atoms with E-state index >= 15 is 0 Å². The fourth-order valence-electron chi connectivity index (χ4n) is 4.25. The van der Waals surface area contributed by atoms with Gasteiger partial charge in [-0.2, -0.15) is 5.10 Å². The van der Waals surface area contributed by atoms with Gasteiger partial charge in [-0.05, 0) is 31.0 Å². The maximum atomic E-state index is 13.0. The van der Waals surface area contributed by atoms with Crippen LogP contribution in [-0.2, 0) is 9.53 Å². The molecule has 7 nitrogen and oxygen atoms in total. The summed E-state index contributed by atoms with van der Waals surface area (Å²) < 4.78 is 6.01. The molecule has 0 aliphatic carbocycles. The average molecular weight is 390 g/mol. The molecule has 1 aromatic heterocycles. The molecule has 3 aromatic rings. The van der Waals surface area contributed by atoms with Crippen LogP contribution in [0.4, 0.5) is 5.69 Å². The van der Waals surface area contributed by atoms with Crippen LogP contribution < -0.4 is 4.90 Å². The number of carbonyl (C=O) groups is 2. The van der Waals surface area contributed by atoms with Gasteiger partial charge in [0.15, 0.2) is 5.69 Å². The number of hydrogen-bond donors (Lipinski definition) is 1. The second-order valence-electron chi connectivity index (χ2n) is 7.70. The van der Waals surface area contributed by atoms with Crippen molar-refractivity contribution in [2.75, 3.05) is 31.1 Å². The second kappa shape index (κ2) is 7.00. The number of rotatable bonds is 2. The molecule has 2 aromatic carbocycles. The zero-order valence-electron chi connectivity index (χ0n) is 16.0. The largest absolute Gasteiger partial charge is 0.363 e. The number of piperidine rings is 1. The number of carbonyl (C=O) groups excluding carboxylic acids is 2. The van der Waals surface area contributed by atoms with Gasteiger partial charge in [0.2, 0.25) is 0 Å². The van der Waals surface area contributed by atoms with Crippen molar-refractivity contribution in [2.24, 2.45) is 0 Å². The van der Waals surface area contributed by atoms with Gasteiger partial charge in [0.1, 0.15) is 6.61 Å².